The Hall–Kier alpha value is -0.860. The Balaban J connectivity index is 2.79. The number of rotatable bonds is 7. The third-order valence-electron chi connectivity index (χ3n) is 4.24. The highest BCUT2D eigenvalue weighted by molar-refractivity contribution is 6.30. The number of carbonyl (C=O) groups is 1. The van der Waals surface area contributed by atoms with Gasteiger partial charge in [-0.3, -0.25) is 4.90 Å². The van der Waals surface area contributed by atoms with Crippen molar-refractivity contribution in [1.82, 2.24) is 4.90 Å². The highest BCUT2D eigenvalue weighted by Crippen LogP contribution is 2.29. The second-order valence-corrected chi connectivity index (χ2v) is 5.77. The fraction of sp³-hybridized carbons (Fsp3) is 0.562. The SMILES string of the molecule is CCC(C=O)(CC)CN(C)C(C)c1ccc(Cl)cc1. The molecule has 1 rings (SSSR count). The van der Waals surface area contributed by atoms with Crippen molar-refractivity contribution in [2.24, 2.45) is 5.41 Å². The minimum atomic E-state index is -0.227. The van der Waals surface area contributed by atoms with Crippen LogP contribution in [0.3, 0.4) is 0 Å². The van der Waals surface area contributed by atoms with Gasteiger partial charge >= 0.3 is 0 Å². The van der Waals surface area contributed by atoms with Crippen molar-refractivity contribution in [3.63, 3.8) is 0 Å². The maximum atomic E-state index is 11.4. The Labute approximate surface area is 121 Å². The normalized spacial score (nSPS) is 13.6. The quantitative estimate of drug-likeness (QED) is 0.693. The first-order valence-electron chi connectivity index (χ1n) is 6.90. The molecule has 1 aromatic carbocycles. The molecule has 0 heterocycles. The minimum absolute atomic E-state index is 0.227. The molecule has 19 heavy (non-hydrogen) atoms. The largest absolute Gasteiger partial charge is 0.303 e. The lowest BCUT2D eigenvalue weighted by Crippen LogP contribution is -2.37. The molecule has 0 aromatic heterocycles. The smallest absolute Gasteiger partial charge is 0.127 e. The number of nitrogens with zero attached hydrogens (tertiary/aromatic N) is 1. The van der Waals surface area contributed by atoms with Crippen LogP contribution in [-0.4, -0.2) is 24.8 Å². The van der Waals surface area contributed by atoms with Gasteiger partial charge in [0.05, 0.1) is 0 Å². The molecule has 1 atom stereocenters. The lowest BCUT2D eigenvalue weighted by atomic mass is 9.83. The summed E-state index contributed by atoms with van der Waals surface area (Å²) in [5.74, 6) is 0. The Morgan fingerprint density at radius 2 is 1.79 bits per heavy atom. The number of hydrogen-bond donors (Lipinski definition) is 0. The Morgan fingerprint density at radius 1 is 1.26 bits per heavy atom. The van der Waals surface area contributed by atoms with E-state index < -0.39 is 0 Å². The third kappa shape index (κ3) is 4.05. The van der Waals surface area contributed by atoms with Crippen molar-refractivity contribution in [3.05, 3.63) is 34.9 Å². The summed E-state index contributed by atoms with van der Waals surface area (Å²) >= 11 is 5.91. The van der Waals surface area contributed by atoms with Crippen molar-refractivity contribution in [2.45, 2.75) is 39.7 Å². The molecule has 1 unspecified atom stereocenters. The van der Waals surface area contributed by atoms with Gasteiger partial charge < -0.3 is 4.79 Å². The molecular weight excluding hydrogens is 258 g/mol. The fourth-order valence-electron chi connectivity index (χ4n) is 2.31. The summed E-state index contributed by atoms with van der Waals surface area (Å²) in [4.78, 5) is 13.6. The van der Waals surface area contributed by atoms with Crippen LogP contribution in [0.15, 0.2) is 24.3 Å². The molecule has 0 saturated carbocycles. The van der Waals surface area contributed by atoms with Crippen LogP contribution in [0.2, 0.25) is 5.02 Å². The number of carbonyl (C=O) groups excluding carboxylic acids is 1. The van der Waals surface area contributed by atoms with Gasteiger partial charge in [0.2, 0.25) is 0 Å². The Bertz CT molecular complexity index is 398. The second-order valence-electron chi connectivity index (χ2n) is 5.33. The maximum Gasteiger partial charge on any atom is 0.127 e. The Kier molecular flexibility index (Phi) is 6.02. The molecule has 3 heteroatoms. The van der Waals surface area contributed by atoms with Gasteiger partial charge in [-0.1, -0.05) is 37.6 Å². The van der Waals surface area contributed by atoms with E-state index in [9.17, 15) is 4.79 Å². The molecule has 0 N–H and O–H groups in total. The van der Waals surface area contributed by atoms with Crippen molar-refractivity contribution >= 4 is 17.9 Å². The summed E-state index contributed by atoms with van der Waals surface area (Å²) in [6, 6.07) is 8.19. The van der Waals surface area contributed by atoms with Gasteiger partial charge in [0.25, 0.3) is 0 Å². The van der Waals surface area contributed by atoms with Crippen LogP contribution >= 0.6 is 11.6 Å². The predicted molar refractivity (Wildman–Crippen MR) is 81.6 cm³/mol. The average Bonchev–Trinajstić information content (AvgIpc) is 2.45. The maximum absolute atomic E-state index is 11.4. The van der Waals surface area contributed by atoms with Crippen molar-refractivity contribution in [1.29, 1.82) is 0 Å². The Morgan fingerprint density at radius 3 is 2.21 bits per heavy atom. The lowest BCUT2D eigenvalue weighted by molar-refractivity contribution is -0.117. The zero-order chi connectivity index (χ0) is 14.5. The van der Waals surface area contributed by atoms with E-state index in [1.807, 2.05) is 24.3 Å². The van der Waals surface area contributed by atoms with E-state index in [1.54, 1.807) is 0 Å². The van der Waals surface area contributed by atoms with E-state index in [0.717, 1.165) is 30.7 Å². The van der Waals surface area contributed by atoms with E-state index in [0.29, 0.717) is 0 Å². The first-order valence-corrected chi connectivity index (χ1v) is 7.28. The van der Waals surface area contributed by atoms with E-state index in [4.69, 9.17) is 11.6 Å². The van der Waals surface area contributed by atoms with Gasteiger partial charge in [0.1, 0.15) is 6.29 Å². The van der Waals surface area contributed by atoms with Crippen LogP contribution in [0, 0.1) is 5.41 Å². The molecule has 106 valence electrons. The first kappa shape index (κ1) is 16.2. The molecule has 2 nitrogen and oxygen atoms in total. The van der Waals surface area contributed by atoms with Crippen LogP contribution in [0.5, 0.6) is 0 Å². The molecule has 1 aromatic rings. The summed E-state index contributed by atoms with van der Waals surface area (Å²) in [7, 11) is 2.07. The fourth-order valence-corrected chi connectivity index (χ4v) is 2.43. The summed E-state index contributed by atoms with van der Waals surface area (Å²) in [6.45, 7) is 7.11. The van der Waals surface area contributed by atoms with Crippen LogP contribution in [0.1, 0.15) is 45.2 Å². The predicted octanol–water partition coefficient (Wildman–Crippen LogP) is 4.34. The van der Waals surface area contributed by atoms with Crippen LogP contribution in [0.4, 0.5) is 0 Å². The van der Waals surface area contributed by atoms with E-state index in [1.165, 1.54) is 5.56 Å². The van der Waals surface area contributed by atoms with Gasteiger partial charge in [-0.05, 0) is 44.5 Å². The van der Waals surface area contributed by atoms with Gasteiger partial charge in [0, 0.05) is 23.0 Å². The summed E-state index contributed by atoms with van der Waals surface area (Å²) in [6.07, 6.45) is 2.88. The number of halogens is 1. The molecule has 0 amide bonds. The third-order valence-corrected chi connectivity index (χ3v) is 4.49. The number of hydrogen-bond acceptors (Lipinski definition) is 2. The molecule has 0 saturated heterocycles. The molecule has 0 fully saturated rings. The highest BCUT2D eigenvalue weighted by atomic mass is 35.5. The zero-order valence-electron chi connectivity index (χ0n) is 12.3. The van der Waals surface area contributed by atoms with Crippen molar-refractivity contribution < 1.29 is 4.79 Å². The van der Waals surface area contributed by atoms with E-state index in [-0.39, 0.29) is 11.5 Å². The number of benzene rings is 1. The first-order chi connectivity index (χ1) is 8.98. The average molecular weight is 282 g/mol. The van der Waals surface area contributed by atoms with Crippen molar-refractivity contribution in [2.75, 3.05) is 13.6 Å². The molecule has 0 radical (unpaired) electrons. The topological polar surface area (TPSA) is 20.3 Å². The summed E-state index contributed by atoms with van der Waals surface area (Å²) < 4.78 is 0. The van der Waals surface area contributed by atoms with Crippen LogP contribution in [-0.2, 0) is 4.79 Å². The zero-order valence-corrected chi connectivity index (χ0v) is 13.1. The number of aldehydes is 1. The second kappa shape index (κ2) is 7.06. The monoisotopic (exact) mass is 281 g/mol. The standard InChI is InChI=1S/C16H24ClNO/c1-5-16(6-2,12-19)11-18(4)13(3)14-7-9-15(17)10-8-14/h7-10,12-13H,5-6,11H2,1-4H3. The van der Waals surface area contributed by atoms with Crippen molar-refractivity contribution in [3.8, 4) is 0 Å². The molecule has 0 aliphatic carbocycles. The van der Waals surface area contributed by atoms with E-state index in [2.05, 4.69) is 32.7 Å². The van der Waals surface area contributed by atoms with Gasteiger partial charge in [0.15, 0.2) is 0 Å². The molecule has 0 aliphatic rings. The molecule has 0 aliphatic heterocycles. The summed E-state index contributed by atoms with van der Waals surface area (Å²) in [5.41, 5.74) is 0.994. The van der Waals surface area contributed by atoms with Crippen LogP contribution in [0.25, 0.3) is 0 Å². The molecule has 0 spiro atoms. The van der Waals surface area contributed by atoms with E-state index >= 15 is 0 Å². The molecule has 0 bridgehead atoms. The highest BCUT2D eigenvalue weighted by Gasteiger charge is 2.28. The van der Waals surface area contributed by atoms with Gasteiger partial charge in [-0.2, -0.15) is 0 Å². The molecular formula is C16H24ClNO. The van der Waals surface area contributed by atoms with Gasteiger partial charge in [-0.25, -0.2) is 0 Å². The lowest BCUT2D eigenvalue weighted by Gasteiger charge is -2.34. The van der Waals surface area contributed by atoms with Crippen LogP contribution < -0.4 is 0 Å². The summed E-state index contributed by atoms with van der Waals surface area (Å²) in [5, 5.41) is 0.753. The van der Waals surface area contributed by atoms with Gasteiger partial charge in [-0.15, -0.1) is 0 Å². The minimum Gasteiger partial charge on any atom is -0.303 e.